The van der Waals surface area contributed by atoms with Crippen molar-refractivity contribution in [1.82, 2.24) is 4.98 Å². The van der Waals surface area contributed by atoms with Gasteiger partial charge in [0.25, 0.3) is 0 Å². The second-order valence-corrected chi connectivity index (χ2v) is 3.88. The Kier molecular flexibility index (Phi) is 4.67. The van der Waals surface area contributed by atoms with Crippen molar-refractivity contribution in [3.8, 4) is 11.1 Å². The Balaban J connectivity index is 0.000000408. The Labute approximate surface area is 112 Å². The average molecular weight is 251 g/mol. The van der Waals surface area contributed by atoms with Crippen molar-refractivity contribution in [2.75, 3.05) is 0 Å². The molecule has 0 saturated carbocycles. The summed E-state index contributed by atoms with van der Waals surface area (Å²) in [4.78, 5) is 4.37. The van der Waals surface area contributed by atoms with E-state index >= 15 is 0 Å². The molecule has 0 aliphatic carbocycles. The smallest absolute Gasteiger partial charge is 0.430 e. The monoisotopic (exact) mass is 251 g/mol. The first-order chi connectivity index (χ1) is 9.36. The Morgan fingerprint density at radius 1 is 0.789 bits per heavy atom. The molecule has 3 rings (SSSR count). The highest BCUT2D eigenvalue weighted by molar-refractivity contribution is 6.13. The van der Waals surface area contributed by atoms with Gasteiger partial charge in [0.05, 0.1) is 5.52 Å². The van der Waals surface area contributed by atoms with Crippen LogP contribution < -0.4 is 0 Å². The SMILES string of the molecule is OBO.c1ccc(-c2cccc3ncccc23)cc1. The van der Waals surface area contributed by atoms with E-state index in [2.05, 4.69) is 47.4 Å². The van der Waals surface area contributed by atoms with Gasteiger partial charge in [-0.25, -0.2) is 0 Å². The lowest BCUT2D eigenvalue weighted by molar-refractivity contribution is 0.448. The van der Waals surface area contributed by atoms with E-state index in [1.807, 2.05) is 24.4 Å². The molecule has 0 radical (unpaired) electrons. The summed E-state index contributed by atoms with van der Waals surface area (Å²) in [7, 11) is -0.750. The molecule has 0 aliphatic rings. The van der Waals surface area contributed by atoms with Gasteiger partial charge >= 0.3 is 7.69 Å². The second kappa shape index (κ2) is 6.68. The lowest BCUT2D eigenvalue weighted by atomic mass is 10.0. The van der Waals surface area contributed by atoms with Crippen LogP contribution in [0.3, 0.4) is 0 Å². The summed E-state index contributed by atoms with van der Waals surface area (Å²) in [5.41, 5.74) is 3.52. The van der Waals surface area contributed by atoms with Crippen LogP contribution in [0.25, 0.3) is 22.0 Å². The second-order valence-electron chi connectivity index (χ2n) is 3.88. The Hall–Kier alpha value is -2.17. The third-order valence-corrected chi connectivity index (χ3v) is 2.73. The van der Waals surface area contributed by atoms with Crippen LogP contribution in [-0.2, 0) is 0 Å². The normalized spacial score (nSPS) is 9.58. The molecule has 2 N–H and O–H groups in total. The maximum Gasteiger partial charge on any atom is 0.432 e. The van der Waals surface area contributed by atoms with Gasteiger partial charge in [-0.05, 0) is 23.3 Å². The summed E-state index contributed by atoms with van der Waals surface area (Å²) in [6, 6.07) is 20.7. The van der Waals surface area contributed by atoms with Crippen molar-refractivity contribution in [1.29, 1.82) is 0 Å². The van der Waals surface area contributed by atoms with Crippen LogP contribution in [0.2, 0.25) is 0 Å². The quantitative estimate of drug-likeness (QED) is 0.651. The molecule has 4 heteroatoms. The van der Waals surface area contributed by atoms with Crippen LogP contribution in [0.1, 0.15) is 0 Å². The van der Waals surface area contributed by atoms with Crippen molar-refractivity contribution >= 4 is 18.6 Å². The zero-order valence-electron chi connectivity index (χ0n) is 10.4. The molecular weight excluding hydrogens is 237 g/mol. The van der Waals surface area contributed by atoms with Gasteiger partial charge < -0.3 is 10.0 Å². The number of pyridine rings is 1. The lowest BCUT2D eigenvalue weighted by Gasteiger charge is -2.05. The largest absolute Gasteiger partial charge is 0.432 e. The number of hydrogen-bond donors (Lipinski definition) is 2. The summed E-state index contributed by atoms with van der Waals surface area (Å²) >= 11 is 0. The first-order valence-electron chi connectivity index (χ1n) is 5.97. The average Bonchev–Trinajstić information content (AvgIpc) is 2.48. The van der Waals surface area contributed by atoms with Crippen LogP contribution in [0, 0.1) is 0 Å². The van der Waals surface area contributed by atoms with Gasteiger partial charge in [0.2, 0.25) is 0 Å². The van der Waals surface area contributed by atoms with E-state index in [1.54, 1.807) is 0 Å². The molecule has 3 aromatic rings. The van der Waals surface area contributed by atoms with Crippen molar-refractivity contribution < 1.29 is 10.0 Å². The predicted molar refractivity (Wildman–Crippen MR) is 78.8 cm³/mol. The maximum absolute atomic E-state index is 7.12. The predicted octanol–water partition coefficient (Wildman–Crippen LogP) is 2.14. The van der Waals surface area contributed by atoms with Gasteiger partial charge in [0, 0.05) is 11.6 Å². The van der Waals surface area contributed by atoms with Crippen molar-refractivity contribution in [3.05, 3.63) is 66.9 Å². The molecule has 1 aromatic heterocycles. The van der Waals surface area contributed by atoms with E-state index in [0.29, 0.717) is 0 Å². The van der Waals surface area contributed by atoms with Gasteiger partial charge in [-0.2, -0.15) is 0 Å². The molecule has 19 heavy (non-hydrogen) atoms. The Bertz CT molecular complexity index is 638. The van der Waals surface area contributed by atoms with Gasteiger partial charge in [0.15, 0.2) is 0 Å². The first kappa shape index (κ1) is 13.3. The van der Waals surface area contributed by atoms with Crippen LogP contribution in [0.5, 0.6) is 0 Å². The summed E-state index contributed by atoms with van der Waals surface area (Å²) in [6.45, 7) is 0. The summed E-state index contributed by atoms with van der Waals surface area (Å²) in [5, 5.41) is 15.5. The highest BCUT2D eigenvalue weighted by Gasteiger charge is 2.02. The molecule has 94 valence electrons. The molecule has 0 saturated heterocycles. The number of rotatable bonds is 1. The molecule has 0 atom stereocenters. The van der Waals surface area contributed by atoms with Crippen LogP contribution in [-0.4, -0.2) is 22.7 Å². The molecule has 3 nitrogen and oxygen atoms in total. The molecule has 0 unspecified atom stereocenters. The van der Waals surface area contributed by atoms with Crippen LogP contribution >= 0.6 is 0 Å². The maximum atomic E-state index is 7.12. The topological polar surface area (TPSA) is 53.4 Å². The van der Waals surface area contributed by atoms with Crippen LogP contribution in [0.4, 0.5) is 0 Å². The van der Waals surface area contributed by atoms with Gasteiger partial charge in [-0.1, -0.05) is 48.5 Å². The van der Waals surface area contributed by atoms with Crippen molar-refractivity contribution in [2.24, 2.45) is 0 Å². The van der Waals surface area contributed by atoms with E-state index in [-0.39, 0.29) is 0 Å². The minimum absolute atomic E-state index is 0.750. The first-order valence-corrected chi connectivity index (χ1v) is 5.97. The number of aromatic nitrogens is 1. The summed E-state index contributed by atoms with van der Waals surface area (Å²) in [6.07, 6.45) is 1.83. The van der Waals surface area contributed by atoms with Crippen molar-refractivity contribution in [3.63, 3.8) is 0 Å². The van der Waals surface area contributed by atoms with E-state index in [1.165, 1.54) is 16.5 Å². The summed E-state index contributed by atoms with van der Waals surface area (Å²) in [5.74, 6) is 0. The number of hydrogen-bond acceptors (Lipinski definition) is 3. The molecule has 0 spiro atoms. The van der Waals surface area contributed by atoms with Gasteiger partial charge in [-0.15, -0.1) is 0 Å². The van der Waals surface area contributed by atoms with E-state index in [9.17, 15) is 0 Å². The molecule has 0 fully saturated rings. The number of fused-ring (bicyclic) bond motifs is 1. The highest BCUT2D eigenvalue weighted by Crippen LogP contribution is 2.26. The molecule has 0 aliphatic heterocycles. The van der Waals surface area contributed by atoms with E-state index < -0.39 is 7.69 Å². The fraction of sp³-hybridized carbons (Fsp3) is 0. The van der Waals surface area contributed by atoms with Gasteiger partial charge in [0.1, 0.15) is 0 Å². The molecule has 0 amide bonds. The molecule has 2 aromatic carbocycles. The summed E-state index contributed by atoms with van der Waals surface area (Å²) < 4.78 is 0. The molecule has 1 heterocycles. The third-order valence-electron chi connectivity index (χ3n) is 2.73. The van der Waals surface area contributed by atoms with Gasteiger partial charge in [-0.3, -0.25) is 4.98 Å². The van der Waals surface area contributed by atoms with Crippen LogP contribution in [0.15, 0.2) is 66.9 Å². The Morgan fingerprint density at radius 2 is 1.53 bits per heavy atom. The minimum Gasteiger partial charge on any atom is -0.430 e. The molecule has 0 bridgehead atoms. The highest BCUT2D eigenvalue weighted by atomic mass is 16.4. The van der Waals surface area contributed by atoms with E-state index in [4.69, 9.17) is 10.0 Å². The zero-order chi connectivity index (χ0) is 13.5. The standard InChI is InChI=1S/C15H11N.BH3O2/c1-2-6-12(7-3-1)13-8-4-10-15-14(13)9-5-11-16-15;2-1-3/h1-11H;1-3H. The minimum atomic E-state index is -0.750. The Morgan fingerprint density at radius 3 is 2.26 bits per heavy atom. The fourth-order valence-electron chi connectivity index (χ4n) is 1.97. The van der Waals surface area contributed by atoms with Crippen molar-refractivity contribution in [2.45, 2.75) is 0 Å². The molecular formula is C15H14BNO2. The third kappa shape index (κ3) is 3.19. The fourth-order valence-corrected chi connectivity index (χ4v) is 1.97. The number of benzene rings is 2. The lowest BCUT2D eigenvalue weighted by Crippen LogP contribution is -1.82. The van der Waals surface area contributed by atoms with E-state index in [0.717, 1.165) is 5.52 Å². The number of nitrogens with zero attached hydrogens (tertiary/aromatic N) is 1. The zero-order valence-corrected chi connectivity index (χ0v) is 10.4.